The van der Waals surface area contributed by atoms with E-state index in [1.807, 2.05) is 154 Å². The monoisotopic (exact) mass is 1870 g/mol. The lowest BCUT2D eigenvalue weighted by molar-refractivity contribution is -0.197. The van der Waals surface area contributed by atoms with Crippen molar-refractivity contribution in [1.82, 2.24) is 29.8 Å². The number of nitrogens with two attached hydrogens (primary N) is 1. The molecule has 8 N–H and O–H groups in total. The number of hydrogen-bond acceptors (Lipinski definition) is 26. The molecule has 2 aromatic rings. The Kier molecular flexibility index (Phi) is 51.0. The van der Waals surface area contributed by atoms with Crippen molar-refractivity contribution in [2.75, 3.05) is 105 Å². The van der Waals surface area contributed by atoms with Crippen LogP contribution in [0.5, 0.6) is 0 Å². The molecule has 8 heterocycles. The predicted molar refractivity (Wildman–Crippen MR) is 491 cm³/mol. The van der Waals surface area contributed by atoms with Gasteiger partial charge in [-0.1, -0.05) is 147 Å². The van der Waals surface area contributed by atoms with E-state index < -0.39 is 76.4 Å². The Morgan fingerprint density at radius 1 is 0.424 bits per heavy atom. The molecule has 16 rings (SSSR count). The number of carboxylic acid groups (broad SMARTS) is 4. The number of amidine groups is 1. The van der Waals surface area contributed by atoms with Crippen LogP contribution >= 0.6 is 0 Å². The number of carboxylic acids is 4. The third-order valence-corrected chi connectivity index (χ3v) is 24.0. The molecule has 0 aromatic heterocycles. The molecule has 8 spiro atoms. The fourth-order valence-electron chi connectivity index (χ4n) is 17.4. The molecule has 37 heteroatoms. The van der Waals surface area contributed by atoms with Crippen molar-refractivity contribution >= 4 is 72.1 Å². The van der Waals surface area contributed by atoms with Crippen molar-refractivity contribution < 1.29 is 135 Å². The van der Waals surface area contributed by atoms with Gasteiger partial charge in [-0.2, -0.15) is 5.26 Å². The van der Waals surface area contributed by atoms with Gasteiger partial charge in [-0.15, -0.1) is 0 Å². The zero-order chi connectivity index (χ0) is 99.1. The van der Waals surface area contributed by atoms with Gasteiger partial charge < -0.3 is 98.3 Å². The van der Waals surface area contributed by atoms with Crippen LogP contribution in [0, 0.1) is 11.3 Å². The second kappa shape index (κ2) is 57.8. The molecule has 6 saturated carbocycles. The lowest BCUT2D eigenvalue weighted by atomic mass is 9.81. The Balaban J connectivity index is 0.000000399. The predicted octanol–water partition coefficient (Wildman–Crippen LogP) is 15.2. The Bertz CT molecular complexity index is 3910. The number of aliphatic carboxylic acids is 4. The number of carbonyl (C=O) groups is 11. The highest BCUT2D eigenvalue weighted by atomic mass is 16.7. The average molecular weight is 1870 g/mol. The smallest absolute Gasteiger partial charge is 0.411 e. The third kappa shape index (κ3) is 35.0. The normalized spacial score (nSPS) is 22.0. The number of ketones is 1. The second-order valence-electron chi connectivity index (χ2n) is 32.3. The first kappa shape index (κ1) is 116. The van der Waals surface area contributed by atoms with E-state index in [2.05, 4.69) is 16.4 Å². The number of hydrogen-bond donors (Lipinski definition) is 7. The molecule has 14 fully saturated rings. The Labute approximate surface area is 780 Å². The van der Waals surface area contributed by atoms with Gasteiger partial charge in [-0.3, -0.25) is 48.6 Å². The molecule has 8 saturated heterocycles. The number of aliphatic hydroxyl groups is 1. The summed E-state index contributed by atoms with van der Waals surface area (Å²) < 4.78 is 66.9. The molecule has 37 nitrogen and oxygen atoms in total. The fourth-order valence-corrected chi connectivity index (χ4v) is 17.4. The number of carbonyl (C=O) groups excluding carboxylic acids is 7. The molecular formula is C95H155N9O28. The average Bonchev–Trinajstić information content (AvgIpc) is 1.61. The van der Waals surface area contributed by atoms with Crippen molar-refractivity contribution in [3.63, 3.8) is 0 Å². The molecule has 0 radical (unpaired) electrons. The third-order valence-electron chi connectivity index (χ3n) is 24.0. The summed E-state index contributed by atoms with van der Waals surface area (Å²) in [6.07, 6.45) is 14.0. The SMILES string of the molecule is CC.CC.CC.CC.CC.CC.CC.CC.CCN1CC2(CCC(OCc3ccc(C(N)=NC)cc3)CC2)OC1=O.N#Cc1ccc(COC2CCC3(CC2)CN(CC(=O)O)C(=O)O3)cc1.O=C(O)CN1CC2(CCC(=O)CC2)OC1=O.O=C(O)CN1CC2(CCC(O)CC2)OC1=O.O=C(O)CN1CC2(CCC3(CC2)OCCO3)OC1=O.O=C1NCC2(CCC3(CC2)OCCO3)O1. The van der Waals surface area contributed by atoms with Crippen LogP contribution in [-0.4, -0.2) is 291 Å². The van der Waals surface area contributed by atoms with Crippen molar-refractivity contribution in [2.45, 2.75) is 349 Å². The first-order chi connectivity index (χ1) is 63.3. The second-order valence-corrected chi connectivity index (χ2v) is 32.3. The number of nitriles is 1. The minimum atomic E-state index is -1.05. The van der Waals surface area contributed by atoms with Gasteiger partial charge in [-0.05, 0) is 146 Å². The summed E-state index contributed by atoms with van der Waals surface area (Å²) in [5.74, 6) is -4.31. The highest BCUT2D eigenvalue weighted by Crippen LogP contribution is 2.47. The maximum absolute atomic E-state index is 11.8. The largest absolute Gasteiger partial charge is 0.480 e. The summed E-state index contributed by atoms with van der Waals surface area (Å²) >= 11 is 0. The van der Waals surface area contributed by atoms with Crippen LogP contribution in [0.3, 0.4) is 0 Å². The van der Waals surface area contributed by atoms with Gasteiger partial charge in [0.25, 0.3) is 0 Å². The van der Waals surface area contributed by atoms with Gasteiger partial charge in [0.05, 0.1) is 109 Å². The molecule has 6 amide bonds. The minimum absolute atomic E-state index is 0.0912. The lowest BCUT2D eigenvalue weighted by Crippen LogP contribution is -2.46. The Hall–Kier alpha value is -9.71. The summed E-state index contributed by atoms with van der Waals surface area (Å²) in [5.41, 5.74) is 6.59. The standard InChI is InChI=1S/C19H27N3O3.C18H20N2O5.C12H17NO6.C10H15NO5.C10H13NO5.C10H15NO4.8C2H6/c1-3-22-13-19(25-18(22)23)10-8-16(9-11-19)24-12-14-4-6-15(7-5-14)17(20)21-2;19-9-13-1-3-14(4-2-13)11-24-15-5-7-18(8-6-15)12-20(10-16(21)22)17(23)25-18;14-9(15)7-13-8-11(19-10(13)16)1-3-12(4-2-11)17-5-6-18-12;2*12-7-1-3-10(4-2-7)6-11(5-8(13)14)9(15)16-10;12-8-11-7-9(15-8)1-3-10(4-2-9)13-5-6-14-10;8*1-2/h4-7,16H,3,8-13H2,1-2H3,(H2,20,21);1-4,15H,5-8,10-12H2,(H,21,22);1-8H2,(H,14,15);7,12H,1-6H2,(H,13,14);1-6H2,(H,13,14);1-7H2,(H,11,12);8*1-2H3. The highest BCUT2D eigenvalue weighted by molar-refractivity contribution is 5.97. The van der Waals surface area contributed by atoms with Crippen molar-refractivity contribution in [2.24, 2.45) is 10.7 Å². The van der Waals surface area contributed by atoms with E-state index in [9.17, 15) is 57.8 Å². The molecule has 132 heavy (non-hydrogen) atoms. The zero-order valence-corrected chi connectivity index (χ0v) is 81.7. The zero-order valence-electron chi connectivity index (χ0n) is 81.7. The van der Waals surface area contributed by atoms with Crippen molar-refractivity contribution in [3.05, 3.63) is 70.8 Å². The number of aliphatic hydroxyl groups excluding tert-OH is 1. The summed E-state index contributed by atoms with van der Waals surface area (Å²) in [7, 11) is 1.68. The summed E-state index contributed by atoms with van der Waals surface area (Å²) in [6, 6.07) is 17.4. The van der Waals surface area contributed by atoms with E-state index in [0.29, 0.717) is 174 Å². The summed E-state index contributed by atoms with van der Waals surface area (Å²) in [5, 5.41) is 55.7. The van der Waals surface area contributed by atoms with Crippen LogP contribution in [0.1, 0.15) is 294 Å². The number of nitrogens with one attached hydrogen (secondary N) is 1. The van der Waals surface area contributed by atoms with Gasteiger partial charge >= 0.3 is 60.4 Å². The van der Waals surface area contributed by atoms with Crippen LogP contribution in [-0.2, 0) is 94.0 Å². The number of benzene rings is 2. The molecule has 0 atom stereocenters. The summed E-state index contributed by atoms with van der Waals surface area (Å²) in [4.78, 5) is 133. The van der Waals surface area contributed by atoms with E-state index in [1.54, 1.807) is 24.1 Å². The van der Waals surface area contributed by atoms with E-state index in [4.69, 9.17) is 88.3 Å². The van der Waals surface area contributed by atoms with Gasteiger partial charge in [0.1, 0.15) is 71.4 Å². The van der Waals surface area contributed by atoms with Crippen LogP contribution in [0.25, 0.3) is 0 Å². The Morgan fingerprint density at radius 3 is 1.00 bits per heavy atom. The number of nitrogens with zero attached hydrogens (tertiary/aromatic N) is 7. The van der Waals surface area contributed by atoms with E-state index in [0.717, 1.165) is 87.4 Å². The first-order valence-electron chi connectivity index (χ1n) is 47.8. The molecule has 8 aliphatic heterocycles. The maximum Gasteiger partial charge on any atom is 0.411 e. The fraction of sp³-hybridized carbons (Fsp3) is 0.737. The van der Waals surface area contributed by atoms with Crippen LogP contribution in [0.15, 0.2) is 53.5 Å². The lowest BCUT2D eigenvalue weighted by Gasteiger charge is -2.39. The molecule has 6 aliphatic carbocycles. The van der Waals surface area contributed by atoms with E-state index in [-0.39, 0.29) is 86.0 Å². The molecular weight excluding hydrogens is 1720 g/mol. The van der Waals surface area contributed by atoms with Gasteiger partial charge in [0.2, 0.25) is 0 Å². The number of ether oxygens (including phenoxy) is 12. The molecule has 2 aromatic carbocycles. The van der Waals surface area contributed by atoms with Gasteiger partial charge in [0, 0.05) is 57.7 Å². The number of Topliss-reactive ketones (excluding diaryl/α,β-unsaturated/α-hetero) is 1. The number of alkyl carbamates (subject to hydrolysis) is 1. The number of amides is 6. The van der Waals surface area contributed by atoms with Crippen molar-refractivity contribution in [3.8, 4) is 6.07 Å². The highest BCUT2D eigenvalue weighted by Gasteiger charge is 2.56. The van der Waals surface area contributed by atoms with Gasteiger partial charge in [0.15, 0.2) is 11.6 Å². The van der Waals surface area contributed by atoms with Crippen molar-refractivity contribution in [1.29, 1.82) is 5.26 Å². The summed E-state index contributed by atoms with van der Waals surface area (Å²) in [6.45, 7) is 39.7. The van der Waals surface area contributed by atoms with Crippen LogP contribution in [0.4, 0.5) is 28.8 Å². The van der Waals surface area contributed by atoms with Crippen LogP contribution in [0.2, 0.25) is 0 Å². The van der Waals surface area contributed by atoms with Crippen LogP contribution < -0.4 is 11.1 Å². The first-order valence-corrected chi connectivity index (χ1v) is 47.8. The Morgan fingerprint density at radius 2 is 0.712 bits per heavy atom. The maximum atomic E-state index is 11.8. The van der Waals surface area contributed by atoms with E-state index in [1.165, 1.54) is 19.6 Å². The minimum Gasteiger partial charge on any atom is -0.480 e. The molecule has 748 valence electrons. The molecule has 0 bridgehead atoms. The molecule has 0 unspecified atom stereocenters. The topological polar surface area (TPSA) is 490 Å². The number of rotatable bonds is 16. The van der Waals surface area contributed by atoms with E-state index >= 15 is 0 Å². The number of likely N-dealkylation sites (N-methyl/N-ethyl adjacent to an activating group) is 1. The number of aliphatic imine (C=N–C) groups is 1. The molecule has 14 aliphatic rings. The quantitative estimate of drug-likeness (QED) is 0.0466. The van der Waals surface area contributed by atoms with Gasteiger partial charge in [-0.25, -0.2) is 28.8 Å².